The van der Waals surface area contributed by atoms with E-state index >= 15 is 0 Å². The Kier molecular flexibility index (Phi) is 10.2. The SMILES string of the molecule is C[C@H](NC(=O)CN1CCOCC1)C(=O)N[C@@H](Cc1cccc(O)c1)C(=O)N[C@@H](CC1CCCC1)C(=O)[C@@]1(C)CO1. The number of epoxide rings is 1. The van der Waals surface area contributed by atoms with Crippen molar-refractivity contribution in [1.82, 2.24) is 20.9 Å². The molecule has 1 aromatic carbocycles. The number of benzene rings is 1. The molecule has 4 N–H and O–H groups in total. The number of Topliss-reactive ketones (excluding diaryl/α,β-unsaturated/α-hetero) is 1. The number of ether oxygens (including phenoxy) is 2. The maximum Gasteiger partial charge on any atom is 0.243 e. The van der Waals surface area contributed by atoms with Crippen molar-refractivity contribution in [2.45, 2.75) is 76.1 Å². The summed E-state index contributed by atoms with van der Waals surface area (Å²) in [7, 11) is 0. The monoisotopic (exact) mass is 558 g/mol. The number of ketones is 1. The third-order valence-corrected chi connectivity index (χ3v) is 8.00. The van der Waals surface area contributed by atoms with Crippen molar-refractivity contribution in [2.24, 2.45) is 5.92 Å². The number of phenolic OH excluding ortho intramolecular Hbond substituents is 1. The first-order valence-electron chi connectivity index (χ1n) is 14.3. The van der Waals surface area contributed by atoms with E-state index in [0.717, 1.165) is 25.7 Å². The molecule has 0 radical (unpaired) electrons. The lowest BCUT2D eigenvalue weighted by Crippen LogP contribution is -2.57. The van der Waals surface area contributed by atoms with Gasteiger partial charge in [0.25, 0.3) is 0 Å². The number of amides is 3. The summed E-state index contributed by atoms with van der Waals surface area (Å²) in [6.45, 7) is 6.18. The summed E-state index contributed by atoms with van der Waals surface area (Å²) in [5.41, 5.74) is -0.250. The molecule has 2 aliphatic heterocycles. The van der Waals surface area contributed by atoms with E-state index in [1.807, 2.05) is 4.90 Å². The fourth-order valence-corrected chi connectivity index (χ4v) is 5.44. The van der Waals surface area contributed by atoms with Gasteiger partial charge in [-0.1, -0.05) is 37.8 Å². The molecule has 4 atom stereocenters. The fraction of sp³-hybridized carbons (Fsp3) is 0.655. The molecule has 4 rings (SSSR count). The highest BCUT2D eigenvalue weighted by Gasteiger charge is 2.50. The Balaban J connectivity index is 1.43. The van der Waals surface area contributed by atoms with Crippen LogP contribution in [0.5, 0.6) is 5.75 Å². The zero-order valence-corrected chi connectivity index (χ0v) is 23.4. The van der Waals surface area contributed by atoms with Gasteiger partial charge in [-0.25, -0.2) is 0 Å². The van der Waals surface area contributed by atoms with Crippen molar-refractivity contribution < 1.29 is 33.8 Å². The van der Waals surface area contributed by atoms with Crippen molar-refractivity contribution in [3.63, 3.8) is 0 Å². The van der Waals surface area contributed by atoms with Crippen LogP contribution >= 0.6 is 0 Å². The van der Waals surface area contributed by atoms with Gasteiger partial charge in [0.05, 0.1) is 32.4 Å². The topological polar surface area (TPSA) is 150 Å². The van der Waals surface area contributed by atoms with Crippen LogP contribution in [0.1, 0.15) is 51.5 Å². The maximum atomic E-state index is 13.6. The van der Waals surface area contributed by atoms with E-state index in [4.69, 9.17) is 9.47 Å². The minimum atomic E-state index is -1.03. The zero-order valence-electron chi connectivity index (χ0n) is 23.4. The van der Waals surface area contributed by atoms with Gasteiger partial charge >= 0.3 is 0 Å². The number of morpholine rings is 1. The van der Waals surface area contributed by atoms with Crippen LogP contribution in [0.4, 0.5) is 0 Å². The highest BCUT2D eigenvalue weighted by Crippen LogP contribution is 2.33. The smallest absolute Gasteiger partial charge is 0.243 e. The van der Waals surface area contributed by atoms with E-state index in [2.05, 4.69) is 16.0 Å². The van der Waals surface area contributed by atoms with Crippen molar-refractivity contribution >= 4 is 23.5 Å². The number of carbonyl (C=O) groups excluding carboxylic acids is 4. The van der Waals surface area contributed by atoms with E-state index in [1.165, 1.54) is 12.1 Å². The molecule has 40 heavy (non-hydrogen) atoms. The van der Waals surface area contributed by atoms with Crippen LogP contribution in [0.2, 0.25) is 0 Å². The van der Waals surface area contributed by atoms with Gasteiger partial charge in [-0.05, 0) is 43.9 Å². The Morgan fingerprint density at radius 1 is 1.05 bits per heavy atom. The lowest BCUT2D eigenvalue weighted by atomic mass is 9.90. The van der Waals surface area contributed by atoms with Crippen LogP contribution in [0.15, 0.2) is 24.3 Å². The Labute approximate surface area is 235 Å². The lowest BCUT2D eigenvalue weighted by molar-refractivity contribution is -0.134. The summed E-state index contributed by atoms with van der Waals surface area (Å²) in [5, 5.41) is 18.3. The van der Waals surface area contributed by atoms with Gasteiger partial charge in [-0.3, -0.25) is 24.1 Å². The van der Waals surface area contributed by atoms with E-state index < -0.39 is 35.5 Å². The zero-order chi connectivity index (χ0) is 28.7. The largest absolute Gasteiger partial charge is 0.508 e. The van der Waals surface area contributed by atoms with Crippen molar-refractivity contribution in [3.8, 4) is 5.75 Å². The van der Waals surface area contributed by atoms with Gasteiger partial charge < -0.3 is 30.5 Å². The molecule has 2 saturated heterocycles. The number of hydrogen-bond acceptors (Lipinski definition) is 8. The standard InChI is InChI=1S/C29H42N4O7/c1-19(30-25(35)17-33-10-12-39-13-11-33)27(37)32-24(16-21-8-5-9-22(34)14-21)28(38)31-23(15-20-6-3-4-7-20)26(36)29(2)18-40-29/h5,8-9,14,19-20,23-24,34H,3-4,6-7,10-13,15-18H2,1-2H3,(H,30,35)(H,31,38)(H,32,37)/t19-,23-,24-,29+/m0/s1. The number of rotatable bonds is 13. The van der Waals surface area contributed by atoms with Crippen LogP contribution in [-0.2, 0) is 35.1 Å². The number of nitrogens with one attached hydrogen (secondary N) is 3. The Morgan fingerprint density at radius 2 is 1.73 bits per heavy atom. The first kappa shape index (κ1) is 30.0. The van der Waals surface area contributed by atoms with Crippen LogP contribution in [0.3, 0.4) is 0 Å². The van der Waals surface area contributed by atoms with Crippen molar-refractivity contribution in [1.29, 1.82) is 0 Å². The molecule has 3 fully saturated rings. The Morgan fingerprint density at radius 3 is 2.38 bits per heavy atom. The number of aromatic hydroxyl groups is 1. The van der Waals surface area contributed by atoms with Gasteiger partial charge in [0.2, 0.25) is 17.7 Å². The summed E-state index contributed by atoms with van der Waals surface area (Å²) in [6, 6.07) is 3.82. The van der Waals surface area contributed by atoms with Gasteiger partial charge in [0.1, 0.15) is 23.4 Å². The van der Waals surface area contributed by atoms with Crippen molar-refractivity contribution in [3.05, 3.63) is 29.8 Å². The summed E-state index contributed by atoms with van der Waals surface area (Å²) in [5.74, 6) is -1.08. The van der Waals surface area contributed by atoms with Gasteiger partial charge in [0.15, 0.2) is 5.78 Å². The molecule has 0 spiro atoms. The molecular formula is C29H42N4O7. The molecule has 3 aliphatic rings. The van der Waals surface area contributed by atoms with Gasteiger partial charge in [-0.15, -0.1) is 0 Å². The minimum absolute atomic E-state index is 0.0415. The molecule has 2 heterocycles. The molecule has 0 bridgehead atoms. The molecule has 0 aromatic heterocycles. The second-order valence-corrected chi connectivity index (χ2v) is 11.4. The van der Waals surface area contributed by atoms with E-state index in [0.29, 0.717) is 50.8 Å². The highest BCUT2D eigenvalue weighted by atomic mass is 16.6. The number of carbonyl (C=O) groups is 4. The lowest BCUT2D eigenvalue weighted by Gasteiger charge is -2.27. The normalized spacial score (nSPS) is 23.6. The predicted molar refractivity (Wildman–Crippen MR) is 146 cm³/mol. The molecule has 3 amide bonds. The predicted octanol–water partition coefficient (Wildman–Crippen LogP) is 0.680. The molecule has 11 heteroatoms. The summed E-state index contributed by atoms with van der Waals surface area (Å²) in [4.78, 5) is 54.5. The number of nitrogens with zero attached hydrogens (tertiary/aromatic N) is 1. The third-order valence-electron chi connectivity index (χ3n) is 8.00. The quantitative estimate of drug-likeness (QED) is 0.258. The summed E-state index contributed by atoms with van der Waals surface area (Å²) < 4.78 is 10.7. The highest BCUT2D eigenvalue weighted by molar-refractivity contribution is 5.98. The molecular weight excluding hydrogens is 516 g/mol. The molecule has 0 unspecified atom stereocenters. The second kappa shape index (κ2) is 13.6. The van der Waals surface area contributed by atoms with Crippen LogP contribution in [0.25, 0.3) is 0 Å². The first-order valence-corrected chi connectivity index (χ1v) is 14.3. The summed E-state index contributed by atoms with van der Waals surface area (Å²) >= 11 is 0. The molecule has 11 nitrogen and oxygen atoms in total. The molecule has 1 saturated carbocycles. The Hall–Kier alpha value is -3.02. The number of hydrogen-bond donors (Lipinski definition) is 4. The molecule has 1 aliphatic carbocycles. The van der Waals surface area contributed by atoms with Gasteiger partial charge in [-0.2, -0.15) is 0 Å². The van der Waals surface area contributed by atoms with E-state index in [1.54, 1.807) is 26.0 Å². The average molecular weight is 559 g/mol. The van der Waals surface area contributed by atoms with Crippen LogP contribution < -0.4 is 16.0 Å². The number of phenols is 1. The Bertz CT molecular complexity index is 1060. The summed E-state index contributed by atoms with van der Waals surface area (Å²) in [6.07, 6.45) is 4.88. The molecule has 1 aromatic rings. The minimum Gasteiger partial charge on any atom is -0.508 e. The van der Waals surface area contributed by atoms with Crippen LogP contribution in [-0.4, -0.2) is 96.7 Å². The van der Waals surface area contributed by atoms with Gasteiger partial charge in [0, 0.05) is 19.5 Å². The third kappa shape index (κ3) is 8.49. The molecule has 220 valence electrons. The van der Waals surface area contributed by atoms with E-state index in [-0.39, 0.29) is 30.4 Å². The fourth-order valence-electron chi connectivity index (χ4n) is 5.44. The second-order valence-electron chi connectivity index (χ2n) is 11.4. The van der Waals surface area contributed by atoms with Crippen LogP contribution in [0, 0.1) is 5.92 Å². The first-order chi connectivity index (χ1) is 19.1. The maximum absolute atomic E-state index is 13.6. The van der Waals surface area contributed by atoms with E-state index in [9.17, 15) is 24.3 Å². The average Bonchev–Trinajstić information content (AvgIpc) is 3.46. The van der Waals surface area contributed by atoms with Crippen molar-refractivity contribution in [2.75, 3.05) is 39.5 Å².